The summed E-state index contributed by atoms with van der Waals surface area (Å²) >= 11 is 6.04. The minimum absolute atomic E-state index is 0.0298. The van der Waals surface area contributed by atoms with Gasteiger partial charge in [0.25, 0.3) is 0 Å². The summed E-state index contributed by atoms with van der Waals surface area (Å²) < 4.78 is 0. The predicted molar refractivity (Wildman–Crippen MR) is 106 cm³/mol. The molecule has 134 valence electrons. The lowest BCUT2D eigenvalue weighted by Gasteiger charge is -2.22. The minimum Gasteiger partial charge on any atom is -0.369 e. The molecule has 0 atom stereocenters. The van der Waals surface area contributed by atoms with Gasteiger partial charge in [-0.1, -0.05) is 36.9 Å². The number of anilines is 1. The zero-order valence-electron chi connectivity index (χ0n) is 14.6. The lowest BCUT2D eigenvalue weighted by molar-refractivity contribution is 0.104. The molecule has 0 unspecified atom stereocenters. The second kappa shape index (κ2) is 7.50. The normalized spacial score (nSPS) is 15.3. The Morgan fingerprint density at radius 2 is 2.04 bits per heavy atom. The highest BCUT2D eigenvalue weighted by Gasteiger charge is 2.19. The Kier molecular flexibility index (Phi) is 4.93. The van der Waals surface area contributed by atoms with E-state index in [1.165, 1.54) is 32.1 Å². The van der Waals surface area contributed by atoms with Gasteiger partial charge in [-0.3, -0.25) is 4.79 Å². The number of pyridine rings is 1. The maximum absolute atomic E-state index is 13.1. The van der Waals surface area contributed by atoms with E-state index in [4.69, 9.17) is 11.6 Å². The summed E-state index contributed by atoms with van der Waals surface area (Å²) in [7, 11) is 0. The van der Waals surface area contributed by atoms with Crippen molar-refractivity contribution >= 4 is 34.1 Å². The quantitative estimate of drug-likeness (QED) is 0.590. The van der Waals surface area contributed by atoms with Crippen LogP contribution in [0.2, 0.25) is 5.02 Å². The molecule has 0 bridgehead atoms. The molecule has 1 saturated carbocycles. The first-order chi connectivity index (χ1) is 12.7. The third-order valence-corrected chi connectivity index (χ3v) is 5.46. The number of halogens is 1. The lowest BCUT2D eigenvalue weighted by atomic mass is 9.89. The van der Waals surface area contributed by atoms with E-state index in [1.54, 1.807) is 18.5 Å². The van der Waals surface area contributed by atoms with Crippen molar-refractivity contribution in [2.45, 2.75) is 32.1 Å². The molecule has 4 rings (SSSR count). The van der Waals surface area contributed by atoms with Gasteiger partial charge in [0.1, 0.15) is 5.82 Å². The van der Waals surface area contributed by atoms with Crippen LogP contribution in [0.4, 0.5) is 5.82 Å². The van der Waals surface area contributed by atoms with Crippen LogP contribution in [0.3, 0.4) is 0 Å². The number of aromatic nitrogens is 2. The van der Waals surface area contributed by atoms with Gasteiger partial charge in [-0.15, -0.1) is 0 Å². The molecule has 0 aliphatic heterocycles. The number of fused-ring (bicyclic) bond motifs is 1. The van der Waals surface area contributed by atoms with E-state index in [0.717, 1.165) is 17.4 Å². The van der Waals surface area contributed by atoms with Crippen LogP contribution in [0.15, 0.2) is 42.7 Å². The van der Waals surface area contributed by atoms with Crippen molar-refractivity contribution in [2.24, 2.45) is 5.92 Å². The van der Waals surface area contributed by atoms with Gasteiger partial charge in [-0.2, -0.15) is 0 Å². The number of carbonyl (C=O) groups is 1. The predicted octanol–water partition coefficient (Wildman–Crippen LogP) is 5.44. The Balaban J connectivity index is 1.59. The van der Waals surface area contributed by atoms with Gasteiger partial charge in [0.05, 0.1) is 5.56 Å². The molecule has 1 aliphatic rings. The lowest BCUT2D eigenvalue weighted by Crippen LogP contribution is -2.19. The molecule has 1 fully saturated rings. The zero-order chi connectivity index (χ0) is 17.9. The molecule has 1 aliphatic carbocycles. The fraction of sp³-hybridized carbons (Fsp3) is 0.333. The number of carbonyl (C=O) groups excluding carboxylic acids is 1. The zero-order valence-corrected chi connectivity index (χ0v) is 15.4. The second-order valence-corrected chi connectivity index (χ2v) is 7.44. The van der Waals surface area contributed by atoms with E-state index in [2.05, 4.69) is 15.3 Å². The highest BCUT2D eigenvalue weighted by Crippen LogP contribution is 2.27. The van der Waals surface area contributed by atoms with Gasteiger partial charge in [0.15, 0.2) is 5.78 Å². The second-order valence-electron chi connectivity index (χ2n) is 7.01. The number of nitrogens with one attached hydrogen (secondary N) is 2. The van der Waals surface area contributed by atoms with E-state index in [9.17, 15) is 4.79 Å². The molecular weight excluding hydrogens is 346 g/mol. The standard InChI is InChI=1S/C21H22ClN3O/c22-15-8-9-16-18(13-24-19(16)11-15)20(26)17-7-4-10-23-21(17)25-12-14-5-2-1-3-6-14/h4,7-11,13-14,24H,1-3,5-6,12H2,(H,23,25). The van der Waals surface area contributed by atoms with E-state index in [0.29, 0.717) is 27.9 Å². The van der Waals surface area contributed by atoms with E-state index in [-0.39, 0.29) is 5.78 Å². The van der Waals surface area contributed by atoms with Crippen molar-refractivity contribution in [1.82, 2.24) is 9.97 Å². The number of aromatic amines is 1. The largest absolute Gasteiger partial charge is 0.369 e. The van der Waals surface area contributed by atoms with Crippen LogP contribution in [-0.4, -0.2) is 22.3 Å². The van der Waals surface area contributed by atoms with Gasteiger partial charge in [0, 0.05) is 40.4 Å². The Hall–Kier alpha value is -2.33. The van der Waals surface area contributed by atoms with Crippen molar-refractivity contribution in [1.29, 1.82) is 0 Å². The average Bonchev–Trinajstić information content (AvgIpc) is 3.10. The molecular formula is C21H22ClN3O. The van der Waals surface area contributed by atoms with Crippen LogP contribution in [-0.2, 0) is 0 Å². The number of hydrogen-bond donors (Lipinski definition) is 2. The van der Waals surface area contributed by atoms with Crippen LogP contribution in [0.1, 0.15) is 48.0 Å². The fourth-order valence-corrected chi connectivity index (χ4v) is 3.97. The third kappa shape index (κ3) is 3.47. The molecule has 2 aromatic heterocycles. The molecule has 3 aromatic rings. The summed E-state index contributed by atoms with van der Waals surface area (Å²) in [6.07, 6.45) is 9.94. The molecule has 0 spiro atoms. The first-order valence-electron chi connectivity index (χ1n) is 9.22. The summed E-state index contributed by atoms with van der Waals surface area (Å²) in [5.41, 5.74) is 2.12. The highest BCUT2D eigenvalue weighted by molar-refractivity contribution is 6.31. The topological polar surface area (TPSA) is 57.8 Å². The van der Waals surface area contributed by atoms with E-state index < -0.39 is 0 Å². The average molecular weight is 368 g/mol. The van der Waals surface area contributed by atoms with Crippen molar-refractivity contribution in [3.8, 4) is 0 Å². The molecule has 0 amide bonds. The number of nitrogens with zero attached hydrogens (tertiary/aromatic N) is 1. The van der Waals surface area contributed by atoms with Crippen LogP contribution >= 0.6 is 11.6 Å². The Labute approximate surface area is 158 Å². The number of H-pyrrole nitrogens is 1. The van der Waals surface area contributed by atoms with Gasteiger partial charge in [-0.25, -0.2) is 4.98 Å². The summed E-state index contributed by atoms with van der Waals surface area (Å²) in [5.74, 6) is 1.31. The van der Waals surface area contributed by atoms with Gasteiger partial charge < -0.3 is 10.3 Å². The van der Waals surface area contributed by atoms with E-state index >= 15 is 0 Å². The van der Waals surface area contributed by atoms with E-state index in [1.807, 2.05) is 24.3 Å². The highest BCUT2D eigenvalue weighted by atomic mass is 35.5. The van der Waals surface area contributed by atoms with Crippen molar-refractivity contribution < 1.29 is 4.79 Å². The number of rotatable bonds is 5. The van der Waals surface area contributed by atoms with Crippen molar-refractivity contribution in [2.75, 3.05) is 11.9 Å². The molecule has 0 saturated heterocycles. The number of benzene rings is 1. The molecule has 2 N–H and O–H groups in total. The maximum atomic E-state index is 13.1. The molecule has 0 radical (unpaired) electrons. The van der Waals surface area contributed by atoms with Gasteiger partial charge >= 0.3 is 0 Å². The minimum atomic E-state index is -0.0298. The molecule has 4 nitrogen and oxygen atoms in total. The molecule has 1 aromatic carbocycles. The van der Waals surface area contributed by atoms with Crippen LogP contribution < -0.4 is 5.32 Å². The monoisotopic (exact) mass is 367 g/mol. The Morgan fingerprint density at radius 1 is 1.19 bits per heavy atom. The van der Waals surface area contributed by atoms with Crippen LogP contribution in [0.25, 0.3) is 10.9 Å². The SMILES string of the molecule is O=C(c1cccnc1NCC1CCCCC1)c1c[nH]c2cc(Cl)ccc12. The summed E-state index contributed by atoms with van der Waals surface area (Å²) in [5, 5.41) is 4.94. The first-order valence-corrected chi connectivity index (χ1v) is 9.60. The fourth-order valence-electron chi connectivity index (χ4n) is 3.79. The summed E-state index contributed by atoms with van der Waals surface area (Å²) in [6, 6.07) is 9.17. The van der Waals surface area contributed by atoms with Gasteiger partial charge in [0.2, 0.25) is 0 Å². The Bertz CT molecular complexity index is 928. The van der Waals surface area contributed by atoms with Crippen LogP contribution in [0, 0.1) is 5.92 Å². The summed E-state index contributed by atoms with van der Waals surface area (Å²) in [6.45, 7) is 0.876. The first kappa shape index (κ1) is 17.1. The third-order valence-electron chi connectivity index (χ3n) is 5.22. The van der Waals surface area contributed by atoms with Gasteiger partial charge in [-0.05, 0) is 43.0 Å². The molecule has 2 heterocycles. The van der Waals surface area contributed by atoms with Crippen LogP contribution in [0.5, 0.6) is 0 Å². The molecule has 26 heavy (non-hydrogen) atoms. The summed E-state index contributed by atoms with van der Waals surface area (Å²) in [4.78, 5) is 20.7. The smallest absolute Gasteiger partial charge is 0.198 e. The number of hydrogen-bond acceptors (Lipinski definition) is 3. The maximum Gasteiger partial charge on any atom is 0.198 e. The number of ketones is 1. The van der Waals surface area contributed by atoms with Crippen molar-refractivity contribution in [3.05, 3.63) is 58.9 Å². The Morgan fingerprint density at radius 3 is 2.88 bits per heavy atom. The molecule has 5 heteroatoms. The van der Waals surface area contributed by atoms with Crippen molar-refractivity contribution in [3.63, 3.8) is 0 Å².